The lowest BCUT2D eigenvalue weighted by atomic mass is 9.98. The smallest absolute Gasteiger partial charge is 0.289 e. The maximum atomic E-state index is 12.5. The van der Waals surface area contributed by atoms with E-state index < -0.39 is 5.91 Å². The molecule has 0 unspecified atom stereocenters. The lowest BCUT2D eigenvalue weighted by molar-refractivity contribution is 0.0950. The molecule has 0 fully saturated rings. The Labute approximate surface area is 173 Å². The van der Waals surface area contributed by atoms with Crippen molar-refractivity contribution in [3.63, 3.8) is 0 Å². The van der Waals surface area contributed by atoms with Gasteiger partial charge in [0.15, 0.2) is 0 Å². The van der Waals surface area contributed by atoms with Gasteiger partial charge in [-0.05, 0) is 59.9 Å². The van der Waals surface area contributed by atoms with Crippen LogP contribution in [0.1, 0.15) is 34.1 Å². The van der Waals surface area contributed by atoms with E-state index in [4.69, 9.17) is 0 Å². The highest BCUT2D eigenvalue weighted by atomic mass is 16.3. The third-order valence-electron chi connectivity index (χ3n) is 5.59. The lowest BCUT2D eigenvalue weighted by Gasteiger charge is -2.06. The lowest BCUT2D eigenvalue weighted by Crippen LogP contribution is -2.19. The summed E-state index contributed by atoms with van der Waals surface area (Å²) in [5.74, 6) is -0.279. The summed E-state index contributed by atoms with van der Waals surface area (Å²) in [7, 11) is 0. The summed E-state index contributed by atoms with van der Waals surface area (Å²) in [5, 5.41) is 23.7. The van der Waals surface area contributed by atoms with Crippen molar-refractivity contribution in [3.05, 3.63) is 83.0 Å². The molecule has 0 radical (unpaired) electrons. The van der Waals surface area contributed by atoms with Crippen LogP contribution in [0.5, 0.6) is 5.75 Å². The number of rotatable bonds is 4. The van der Waals surface area contributed by atoms with Crippen LogP contribution >= 0.6 is 0 Å². The van der Waals surface area contributed by atoms with Crippen molar-refractivity contribution >= 4 is 22.4 Å². The van der Waals surface area contributed by atoms with Crippen LogP contribution in [0.25, 0.3) is 22.0 Å². The number of aromatic hydroxyl groups is 1. The number of phenols is 1. The molecule has 1 aliphatic carbocycles. The molecule has 0 saturated heterocycles. The second-order valence-corrected chi connectivity index (χ2v) is 7.43. The number of aromatic amines is 1. The Kier molecular flexibility index (Phi) is 4.32. The average molecular weight is 396 g/mol. The quantitative estimate of drug-likeness (QED) is 0.357. The van der Waals surface area contributed by atoms with Gasteiger partial charge in [-0.25, -0.2) is 5.43 Å². The first-order valence-electron chi connectivity index (χ1n) is 9.84. The highest BCUT2D eigenvalue weighted by Gasteiger charge is 2.18. The Bertz CT molecular complexity index is 1310. The molecule has 3 aromatic carbocycles. The SMILES string of the molecule is CC(=NNC(=O)c1cc(-c2ccc3c4c(cccc24)CC3)n[nH]1)c1ccccc1O. The fraction of sp³-hybridized carbons (Fsp3) is 0.125. The molecule has 0 aliphatic heterocycles. The molecule has 0 saturated carbocycles. The van der Waals surface area contributed by atoms with Crippen molar-refractivity contribution in [2.24, 2.45) is 5.10 Å². The topological polar surface area (TPSA) is 90.4 Å². The van der Waals surface area contributed by atoms with Gasteiger partial charge in [0.25, 0.3) is 5.91 Å². The zero-order chi connectivity index (χ0) is 20.7. The highest BCUT2D eigenvalue weighted by molar-refractivity contribution is 6.03. The number of hydrogen-bond acceptors (Lipinski definition) is 4. The minimum absolute atomic E-state index is 0.115. The van der Waals surface area contributed by atoms with Crippen LogP contribution in [0.4, 0.5) is 0 Å². The van der Waals surface area contributed by atoms with E-state index in [0.717, 1.165) is 29.5 Å². The second-order valence-electron chi connectivity index (χ2n) is 7.43. The first-order valence-corrected chi connectivity index (χ1v) is 9.84. The van der Waals surface area contributed by atoms with Gasteiger partial charge in [-0.2, -0.15) is 10.2 Å². The fourth-order valence-corrected chi connectivity index (χ4v) is 4.08. The van der Waals surface area contributed by atoms with Gasteiger partial charge < -0.3 is 5.11 Å². The molecule has 1 aliphatic rings. The Hall–Kier alpha value is -3.93. The van der Waals surface area contributed by atoms with Crippen molar-refractivity contribution in [1.29, 1.82) is 0 Å². The Balaban J connectivity index is 1.41. The number of nitrogens with one attached hydrogen (secondary N) is 2. The molecule has 4 aromatic rings. The number of hydrogen-bond donors (Lipinski definition) is 3. The molecular weight excluding hydrogens is 376 g/mol. The number of H-pyrrole nitrogens is 1. The Morgan fingerprint density at radius 2 is 1.87 bits per heavy atom. The van der Waals surface area contributed by atoms with Gasteiger partial charge in [0, 0.05) is 11.1 Å². The number of nitrogens with zero attached hydrogens (tertiary/aromatic N) is 2. The fourth-order valence-electron chi connectivity index (χ4n) is 4.08. The molecule has 1 amide bonds. The van der Waals surface area contributed by atoms with E-state index >= 15 is 0 Å². The van der Waals surface area contributed by atoms with E-state index in [1.165, 1.54) is 16.5 Å². The average Bonchev–Trinajstić information content (AvgIpc) is 3.41. The van der Waals surface area contributed by atoms with Crippen LogP contribution in [-0.4, -0.2) is 26.9 Å². The van der Waals surface area contributed by atoms with E-state index in [0.29, 0.717) is 17.0 Å². The van der Waals surface area contributed by atoms with Gasteiger partial charge in [-0.15, -0.1) is 0 Å². The van der Waals surface area contributed by atoms with Crippen molar-refractivity contribution in [3.8, 4) is 17.0 Å². The maximum Gasteiger partial charge on any atom is 0.289 e. The van der Waals surface area contributed by atoms with Crippen molar-refractivity contribution in [2.75, 3.05) is 0 Å². The minimum atomic E-state index is -0.394. The summed E-state index contributed by atoms with van der Waals surface area (Å²) >= 11 is 0. The molecule has 148 valence electrons. The molecule has 1 heterocycles. The van der Waals surface area contributed by atoms with Gasteiger partial charge in [0.05, 0.1) is 11.4 Å². The number of carbonyl (C=O) groups excluding carboxylic acids is 1. The van der Waals surface area contributed by atoms with Crippen LogP contribution in [-0.2, 0) is 12.8 Å². The van der Waals surface area contributed by atoms with E-state index in [2.05, 4.69) is 51.1 Å². The number of carbonyl (C=O) groups is 1. The molecule has 30 heavy (non-hydrogen) atoms. The summed E-state index contributed by atoms with van der Waals surface area (Å²) in [4.78, 5) is 12.5. The molecule has 6 heteroatoms. The zero-order valence-electron chi connectivity index (χ0n) is 16.4. The summed E-state index contributed by atoms with van der Waals surface area (Å²) in [5.41, 5.74) is 8.37. The normalized spacial score (nSPS) is 13.0. The zero-order valence-corrected chi connectivity index (χ0v) is 16.4. The first-order chi connectivity index (χ1) is 14.6. The predicted molar refractivity (Wildman–Crippen MR) is 117 cm³/mol. The van der Waals surface area contributed by atoms with Crippen LogP contribution < -0.4 is 5.43 Å². The molecular formula is C24H20N4O2. The molecule has 0 spiro atoms. The Morgan fingerprint density at radius 1 is 1.07 bits per heavy atom. The molecule has 0 bridgehead atoms. The summed E-state index contributed by atoms with van der Waals surface area (Å²) in [6.45, 7) is 1.72. The largest absolute Gasteiger partial charge is 0.507 e. The standard InChI is InChI=1S/C24H20N4O2/c1-14(17-6-2-3-8-22(17)29)25-28-24(30)21-13-20(26-27-21)18-12-11-16-10-9-15-5-4-7-19(18)23(15)16/h2-8,11-13,29H,9-10H2,1H3,(H,26,27)(H,28,30). The summed E-state index contributed by atoms with van der Waals surface area (Å²) < 4.78 is 0. The van der Waals surface area contributed by atoms with Gasteiger partial charge >= 0.3 is 0 Å². The third kappa shape index (κ3) is 3.03. The van der Waals surface area contributed by atoms with Gasteiger partial charge in [0.1, 0.15) is 11.4 Å². The number of phenolic OH excluding ortho intramolecular Hbond substituents is 1. The molecule has 5 rings (SSSR count). The van der Waals surface area contributed by atoms with Gasteiger partial charge in [0.2, 0.25) is 0 Å². The second kappa shape index (κ2) is 7.15. The number of benzene rings is 3. The first kappa shape index (κ1) is 18.1. The van der Waals surface area contributed by atoms with Crippen molar-refractivity contribution in [2.45, 2.75) is 19.8 Å². The number of para-hydroxylation sites is 1. The van der Waals surface area contributed by atoms with Crippen LogP contribution in [0.2, 0.25) is 0 Å². The minimum Gasteiger partial charge on any atom is -0.507 e. The highest BCUT2D eigenvalue weighted by Crippen LogP contribution is 2.36. The molecule has 6 nitrogen and oxygen atoms in total. The van der Waals surface area contributed by atoms with E-state index in [1.54, 1.807) is 37.3 Å². The van der Waals surface area contributed by atoms with Crippen LogP contribution in [0, 0.1) is 0 Å². The third-order valence-corrected chi connectivity index (χ3v) is 5.59. The maximum absolute atomic E-state index is 12.5. The van der Waals surface area contributed by atoms with Crippen molar-refractivity contribution in [1.82, 2.24) is 15.6 Å². The van der Waals surface area contributed by atoms with Crippen LogP contribution in [0.3, 0.4) is 0 Å². The number of amides is 1. The molecule has 1 aromatic heterocycles. The van der Waals surface area contributed by atoms with Crippen molar-refractivity contribution < 1.29 is 9.90 Å². The Morgan fingerprint density at radius 3 is 2.70 bits per heavy atom. The number of aryl methyl sites for hydroxylation is 2. The monoisotopic (exact) mass is 396 g/mol. The number of hydrazone groups is 1. The van der Waals surface area contributed by atoms with E-state index in [1.807, 2.05) is 0 Å². The summed E-state index contributed by atoms with van der Waals surface area (Å²) in [6.07, 6.45) is 2.14. The molecule has 0 atom stereocenters. The molecule has 3 N–H and O–H groups in total. The van der Waals surface area contributed by atoms with E-state index in [9.17, 15) is 9.90 Å². The van der Waals surface area contributed by atoms with Crippen LogP contribution in [0.15, 0.2) is 65.8 Å². The van der Waals surface area contributed by atoms with Gasteiger partial charge in [-0.1, -0.05) is 42.5 Å². The van der Waals surface area contributed by atoms with E-state index in [-0.39, 0.29) is 5.75 Å². The summed E-state index contributed by atoms with van der Waals surface area (Å²) in [6, 6.07) is 19.2. The predicted octanol–water partition coefficient (Wildman–Crippen LogP) is 4.19. The number of aromatic nitrogens is 2. The van der Waals surface area contributed by atoms with Gasteiger partial charge in [-0.3, -0.25) is 9.89 Å².